The fourth-order valence-corrected chi connectivity index (χ4v) is 1.78. The van der Waals surface area contributed by atoms with Crippen molar-refractivity contribution in [1.82, 2.24) is 0 Å². The highest BCUT2D eigenvalue weighted by Gasteiger charge is 2.11. The number of nitrogens with zero attached hydrogens (tertiary/aromatic N) is 1. The summed E-state index contributed by atoms with van der Waals surface area (Å²) >= 11 is 0. The Hall–Kier alpha value is -3.66. The van der Waals surface area contributed by atoms with Crippen molar-refractivity contribution in [3.63, 3.8) is 0 Å². The summed E-state index contributed by atoms with van der Waals surface area (Å²) < 4.78 is 28.5. The maximum atomic E-state index is 13.5. The van der Waals surface area contributed by atoms with Gasteiger partial charge in [0.25, 0.3) is 0 Å². The van der Waals surface area contributed by atoms with E-state index in [0.717, 1.165) is 6.07 Å². The molecular formula is C19H14FNO5. The van der Waals surface area contributed by atoms with E-state index in [1.165, 1.54) is 43.3 Å². The molecule has 0 atom stereocenters. The average molecular weight is 355 g/mol. The van der Waals surface area contributed by atoms with E-state index in [1.54, 1.807) is 6.07 Å². The van der Waals surface area contributed by atoms with Gasteiger partial charge in [0.15, 0.2) is 0 Å². The van der Waals surface area contributed by atoms with Gasteiger partial charge in [-0.3, -0.25) is 0 Å². The number of hydrogen-bond donors (Lipinski definition) is 0. The second-order valence-electron chi connectivity index (χ2n) is 5.14. The van der Waals surface area contributed by atoms with E-state index in [1.807, 2.05) is 0 Å². The predicted octanol–water partition coefficient (Wildman–Crippen LogP) is 3.37. The summed E-state index contributed by atoms with van der Waals surface area (Å²) in [6, 6.07) is 11.1. The Morgan fingerprint density at radius 2 is 1.81 bits per heavy atom. The SMILES string of the molecule is C=C(C)C(=O)OCOc1ccc(C(=O)Oc2ccc(C#N)c(F)c2)cc1. The molecule has 0 N–H and O–H groups in total. The first-order chi connectivity index (χ1) is 12.4. The van der Waals surface area contributed by atoms with Crippen LogP contribution in [0.1, 0.15) is 22.8 Å². The molecule has 0 unspecified atom stereocenters. The normalized spacial score (nSPS) is 9.73. The summed E-state index contributed by atoms with van der Waals surface area (Å²) in [5.74, 6) is -1.68. The minimum atomic E-state index is -0.772. The Morgan fingerprint density at radius 1 is 1.15 bits per heavy atom. The molecule has 26 heavy (non-hydrogen) atoms. The third kappa shape index (κ3) is 4.92. The lowest BCUT2D eigenvalue weighted by Crippen LogP contribution is -2.11. The molecule has 0 saturated heterocycles. The molecule has 2 aromatic rings. The Kier molecular flexibility index (Phi) is 6.06. The molecule has 0 radical (unpaired) electrons. The largest absolute Gasteiger partial charge is 0.457 e. The first-order valence-electron chi connectivity index (χ1n) is 7.38. The van der Waals surface area contributed by atoms with Gasteiger partial charge < -0.3 is 14.2 Å². The van der Waals surface area contributed by atoms with Crippen molar-refractivity contribution in [3.8, 4) is 17.6 Å². The van der Waals surface area contributed by atoms with Crippen LogP contribution in [-0.4, -0.2) is 18.7 Å². The average Bonchev–Trinajstić information content (AvgIpc) is 2.62. The van der Waals surface area contributed by atoms with E-state index in [0.29, 0.717) is 5.75 Å². The molecule has 0 heterocycles. The summed E-state index contributed by atoms with van der Waals surface area (Å²) in [7, 11) is 0. The zero-order chi connectivity index (χ0) is 19.1. The standard InChI is InChI=1S/C19H14FNO5/c1-12(2)18(22)25-11-24-15-6-3-13(4-7-15)19(23)26-16-8-5-14(10-21)17(20)9-16/h3-9H,1,11H2,2H3. The monoisotopic (exact) mass is 355 g/mol. The lowest BCUT2D eigenvalue weighted by molar-refractivity contribution is -0.145. The van der Waals surface area contributed by atoms with Gasteiger partial charge in [0, 0.05) is 11.6 Å². The van der Waals surface area contributed by atoms with Gasteiger partial charge in [-0.2, -0.15) is 5.26 Å². The van der Waals surface area contributed by atoms with Crippen LogP contribution in [-0.2, 0) is 9.53 Å². The molecular weight excluding hydrogens is 341 g/mol. The van der Waals surface area contributed by atoms with Gasteiger partial charge in [-0.25, -0.2) is 14.0 Å². The van der Waals surface area contributed by atoms with E-state index in [4.69, 9.17) is 19.5 Å². The van der Waals surface area contributed by atoms with Crippen molar-refractivity contribution in [1.29, 1.82) is 5.26 Å². The van der Waals surface area contributed by atoms with E-state index < -0.39 is 17.8 Å². The number of halogens is 1. The molecule has 2 aromatic carbocycles. The number of benzene rings is 2. The first-order valence-corrected chi connectivity index (χ1v) is 7.38. The molecule has 0 aliphatic rings. The van der Waals surface area contributed by atoms with Crippen LogP contribution in [0.15, 0.2) is 54.6 Å². The zero-order valence-electron chi connectivity index (χ0n) is 13.8. The van der Waals surface area contributed by atoms with Gasteiger partial charge in [0.1, 0.15) is 23.4 Å². The fraction of sp³-hybridized carbons (Fsp3) is 0.105. The summed E-state index contributed by atoms with van der Waals surface area (Å²) in [6.07, 6.45) is 0. The number of carbonyl (C=O) groups excluding carboxylic acids is 2. The highest BCUT2D eigenvalue weighted by molar-refractivity contribution is 5.91. The van der Waals surface area contributed by atoms with Crippen LogP contribution in [0.2, 0.25) is 0 Å². The predicted molar refractivity (Wildman–Crippen MR) is 88.9 cm³/mol. The number of carbonyl (C=O) groups is 2. The molecule has 0 spiro atoms. The van der Waals surface area contributed by atoms with Crippen LogP contribution < -0.4 is 9.47 Å². The number of ether oxygens (including phenoxy) is 3. The molecule has 0 bridgehead atoms. The van der Waals surface area contributed by atoms with Gasteiger partial charge in [-0.05, 0) is 43.3 Å². The molecule has 6 nitrogen and oxygen atoms in total. The van der Waals surface area contributed by atoms with Gasteiger partial charge in [-0.1, -0.05) is 6.58 Å². The molecule has 0 amide bonds. The lowest BCUT2D eigenvalue weighted by atomic mass is 10.2. The second-order valence-corrected chi connectivity index (χ2v) is 5.14. The summed E-state index contributed by atoms with van der Waals surface area (Å²) in [5, 5.41) is 8.67. The number of hydrogen-bond acceptors (Lipinski definition) is 6. The van der Waals surface area contributed by atoms with E-state index in [2.05, 4.69) is 6.58 Å². The fourth-order valence-electron chi connectivity index (χ4n) is 1.78. The minimum Gasteiger partial charge on any atom is -0.457 e. The van der Waals surface area contributed by atoms with Crippen LogP contribution >= 0.6 is 0 Å². The number of nitriles is 1. The lowest BCUT2D eigenvalue weighted by Gasteiger charge is -2.08. The summed E-state index contributed by atoms with van der Waals surface area (Å²) in [6.45, 7) is 4.66. The van der Waals surface area contributed by atoms with E-state index in [9.17, 15) is 14.0 Å². The second kappa shape index (κ2) is 8.44. The maximum absolute atomic E-state index is 13.5. The van der Waals surface area contributed by atoms with Gasteiger partial charge >= 0.3 is 11.9 Å². The van der Waals surface area contributed by atoms with Crippen molar-refractivity contribution in [2.75, 3.05) is 6.79 Å². The van der Waals surface area contributed by atoms with Gasteiger partial charge in [-0.15, -0.1) is 0 Å². The highest BCUT2D eigenvalue weighted by atomic mass is 19.1. The van der Waals surface area contributed by atoms with Gasteiger partial charge in [0.2, 0.25) is 6.79 Å². The quantitative estimate of drug-likeness (QED) is 0.342. The molecule has 0 aliphatic carbocycles. The first kappa shape index (κ1) is 18.7. The summed E-state index contributed by atoms with van der Waals surface area (Å²) in [5.41, 5.74) is 0.325. The Labute approximate surface area is 149 Å². The van der Waals surface area contributed by atoms with Crippen molar-refractivity contribution >= 4 is 11.9 Å². The van der Waals surface area contributed by atoms with E-state index >= 15 is 0 Å². The molecule has 0 aromatic heterocycles. The Balaban J connectivity index is 1.94. The third-order valence-corrected chi connectivity index (χ3v) is 3.13. The molecule has 132 valence electrons. The molecule has 0 saturated carbocycles. The van der Waals surface area contributed by atoms with Crippen LogP contribution in [0, 0.1) is 17.1 Å². The number of rotatable bonds is 6. The van der Waals surface area contributed by atoms with Crippen molar-refractivity contribution in [2.24, 2.45) is 0 Å². The zero-order valence-corrected chi connectivity index (χ0v) is 13.8. The van der Waals surface area contributed by atoms with Crippen LogP contribution in [0.3, 0.4) is 0 Å². The Morgan fingerprint density at radius 3 is 2.38 bits per heavy atom. The maximum Gasteiger partial charge on any atom is 0.343 e. The summed E-state index contributed by atoms with van der Waals surface area (Å²) in [4.78, 5) is 23.2. The Bertz CT molecular complexity index is 884. The van der Waals surface area contributed by atoms with Gasteiger partial charge in [0.05, 0.1) is 11.1 Å². The van der Waals surface area contributed by atoms with Crippen molar-refractivity contribution in [2.45, 2.75) is 6.92 Å². The molecule has 0 fully saturated rings. The minimum absolute atomic E-state index is 0.0152. The van der Waals surface area contributed by atoms with Crippen LogP contribution in [0.4, 0.5) is 4.39 Å². The van der Waals surface area contributed by atoms with Crippen LogP contribution in [0.25, 0.3) is 0 Å². The number of esters is 2. The van der Waals surface area contributed by atoms with Crippen molar-refractivity contribution in [3.05, 3.63) is 71.6 Å². The molecule has 7 heteroatoms. The van der Waals surface area contributed by atoms with Crippen LogP contribution in [0.5, 0.6) is 11.5 Å². The third-order valence-electron chi connectivity index (χ3n) is 3.13. The smallest absolute Gasteiger partial charge is 0.343 e. The van der Waals surface area contributed by atoms with E-state index in [-0.39, 0.29) is 29.2 Å². The highest BCUT2D eigenvalue weighted by Crippen LogP contribution is 2.19. The molecule has 0 aliphatic heterocycles. The molecule has 2 rings (SSSR count). The van der Waals surface area contributed by atoms with Crippen molar-refractivity contribution < 1.29 is 28.2 Å². The topological polar surface area (TPSA) is 85.6 Å².